The molecule has 0 atom stereocenters. The van der Waals surface area contributed by atoms with E-state index in [1.165, 1.54) is 4.31 Å². The van der Waals surface area contributed by atoms with E-state index in [1.54, 1.807) is 48.8 Å². The van der Waals surface area contributed by atoms with Gasteiger partial charge in [0.25, 0.3) is 0 Å². The summed E-state index contributed by atoms with van der Waals surface area (Å²) in [5, 5.41) is 0. The van der Waals surface area contributed by atoms with Crippen LogP contribution in [0.15, 0.2) is 71.9 Å². The minimum atomic E-state index is -4.09. The van der Waals surface area contributed by atoms with E-state index in [1.807, 2.05) is 0 Å². The summed E-state index contributed by atoms with van der Waals surface area (Å²) < 4.78 is 60.4. The number of sulfonamides is 1. The third-order valence-corrected chi connectivity index (χ3v) is 6.29. The van der Waals surface area contributed by atoms with Crippen molar-refractivity contribution in [1.29, 1.82) is 0 Å². The standard InChI is InChI=1S/C23H24F2N2O3S/c1-17(2)16-30-20-5-3-18(4-6-20)14-27(15-19-9-11-26-12-10-19)31(28,29)21-7-8-22(24)23(25)13-21/h3-13,17H,14-16H2,1-2H3. The molecule has 8 heteroatoms. The zero-order chi connectivity index (χ0) is 22.4. The quantitative estimate of drug-likeness (QED) is 0.474. The molecule has 0 saturated heterocycles. The number of hydrogen-bond acceptors (Lipinski definition) is 4. The van der Waals surface area contributed by atoms with E-state index in [0.717, 1.165) is 23.3 Å². The Morgan fingerprint density at radius 1 is 0.903 bits per heavy atom. The summed E-state index contributed by atoms with van der Waals surface area (Å²) in [4.78, 5) is 3.64. The molecular weight excluding hydrogens is 422 g/mol. The summed E-state index contributed by atoms with van der Waals surface area (Å²) in [6.07, 6.45) is 3.14. The van der Waals surface area contributed by atoms with Gasteiger partial charge in [0.1, 0.15) is 5.75 Å². The normalized spacial score (nSPS) is 11.8. The van der Waals surface area contributed by atoms with Crippen LogP contribution in [0.1, 0.15) is 25.0 Å². The number of rotatable bonds is 9. The fourth-order valence-corrected chi connectivity index (χ4v) is 4.29. The maximum atomic E-state index is 13.7. The molecule has 1 heterocycles. The minimum Gasteiger partial charge on any atom is -0.493 e. The van der Waals surface area contributed by atoms with Crippen molar-refractivity contribution in [3.05, 3.63) is 89.8 Å². The average Bonchev–Trinajstić information content (AvgIpc) is 2.75. The van der Waals surface area contributed by atoms with Crippen LogP contribution in [0.3, 0.4) is 0 Å². The van der Waals surface area contributed by atoms with Gasteiger partial charge in [0.05, 0.1) is 11.5 Å². The number of pyridine rings is 1. The second kappa shape index (κ2) is 9.98. The third kappa shape index (κ3) is 6.08. The predicted molar refractivity (Wildman–Crippen MR) is 114 cm³/mol. The van der Waals surface area contributed by atoms with Crippen molar-refractivity contribution in [2.24, 2.45) is 5.92 Å². The van der Waals surface area contributed by atoms with E-state index < -0.39 is 21.7 Å². The minimum absolute atomic E-state index is 0.0497. The number of halogens is 2. The summed E-state index contributed by atoms with van der Waals surface area (Å²) in [5.74, 6) is -1.23. The van der Waals surface area contributed by atoms with Crippen LogP contribution in [0.25, 0.3) is 0 Å². The van der Waals surface area contributed by atoms with Gasteiger partial charge in [-0.3, -0.25) is 4.98 Å². The summed E-state index contributed by atoms with van der Waals surface area (Å²) >= 11 is 0. The molecule has 0 spiro atoms. The summed E-state index contributed by atoms with van der Waals surface area (Å²) in [6.45, 7) is 4.78. The van der Waals surface area contributed by atoms with Crippen molar-refractivity contribution in [3.63, 3.8) is 0 Å². The van der Waals surface area contributed by atoms with E-state index >= 15 is 0 Å². The first kappa shape index (κ1) is 22.8. The highest BCUT2D eigenvalue weighted by Crippen LogP contribution is 2.23. The van der Waals surface area contributed by atoms with Crippen LogP contribution in [0.5, 0.6) is 5.75 Å². The Bertz CT molecular complexity index is 1110. The summed E-state index contributed by atoms with van der Waals surface area (Å²) in [5.41, 5.74) is 1.45. The second-order valence-corrected chi connectivity index (χ2v) is 9.49. The average molecular weight is 447 g/mol. The smallest absolute Gasteiger partial charge is 0.243 e. The van der Waals surface area contributed by atoms with Crippen LogP contribution >= 0.6 is 0 Å². The van der Waals surface area contributed by atoms with Gasteiger partial charge in [-0.1, -0.05) is 26.0 Å². The largest absolute Gasteiger partial charge is 0.493 e. The van der Waals surface area contributed by atoms with E-state index in [4.69, 9.17) is 4.74 Å². The Morgan fingerprint density at radius 3 is 2.10 bits per heavy atom. The van der Waals surface area contributed by atoms with Crippen molar-refractivity contribution in [3.8, 4) is 5.75 Å². The molecule has 164 valence electrons. The van der Waals surface area contributed by atoms with Crippen molar-refractivity contribution in [2.75, 3.05) is 6.61 Å². The highest BCUT2D eigenvalue weighted by Gasteiger charge is 2.26. The van der Waals surface area contributed by atoms with Gasteiger partial charge >= 0.3 is 0 Å². The van der Waals surface area contributed by atoms with Crippen molar-refractivity contribution in [1.82, 2.24) is 9.29 Å². The first-order chi connectivity index (χ1) is 14.8. The maximum absolute atomic E-state index is 13.7. The molecule has 0 bridgehead atoms. The summed E-state index contributed by atoms with van der Waals surface area (Å²) in [7, 11) is -4.09. The monoisotopic (exact) mass is 446 g/mol. The first-order valence-electron chi connectivity index (χ1n) is 9.81. The molecule has 0 unspecified atom stereocenters. The molecule has 0 radical (unpaired) electrons. The van der Waals surface area contributed by atoms with E-state index in [0.29, 0.717) is 24.3 Å². The third-order valence-electron chi connectivity index (χ3n) is 4.50. The topological polar surface area (TPSA) is 59.5 Å². The van der Waals surface area contributed by atoms with Crippen molar-refractivity contribution < 1.29 is 21.9 Å². The predicted octanol–water partition coefficient (Wildman–Crippen LogP) is 4.79. The molecule has 0 saturated carbocycles. The Kier molecular flexibility index (Phi) is 7.35. The molecule has 0 aliphatic rings. The van der Waals surface area contributed by atoms with Crippen LogP contribution in [0.2, 0.25) is 0 Å². The fraction of sp³-hybridized carbons (Fsp3) is 0.261. The molecule has 2 aromatic carbocycles. The van der Waals surface area contributed by atoms with E-state index in [2.05, 4.69) is 18.8 Å². The lowest BCUT2D eigenvalue weighted by Gasteiger charge is -2.23. The van der Waals surface area contributed by atoms with Gasteiger partial charge in [0, 0.05) is 25.5 Å². The van der Waals surface area contributed by atoms with Gasteiger partial charge in [-0.2, -0.15) is 4.31 Å². The Hall–Kier alpha value is -2.84. The van der Waals surface area contributed by atoms with Gasteiger partial charge in [0.15, 0.2) is 11.6 Å². The van der Waals surface area contributed by atoms with Crippen molar-refractivity contribution in [2.45, 2.75) is 31.8 Å². The number of hydrogen-bond donors (Lipinski definition) is 0. The Balaban J connectivity index is 1.88. The zero-order valence-electron chi connectivity index (χ0n) is 17.3. The molecule has 0 N–H and O–H groups in total. The van der Waals surface area contributed by atoms with Crippen molar-refractivity contribution >= 4 is 10.0 Å². The maximum Gasteiger partial charge on any atom is 0.243 e. The fourth-order valence-electron chi connectivity index (χ4n) is 2.86. The lowest BCUT2D eigenvalue weighted by Crippen LogP contribution is -2.30. The molecule has 3 rings (SSSR count). The van der Waals surface area contributed by atoms with Gasteiger partial charge in [-0.25, -0.2) is 17.2 Å². The lowest BCUT2D eigenvalue weighted by atomic mass is 10.2. The van der Waals surface area contributed by atoms with Gasteiger partial charge in [-0.15, -0.1) is 0 Å². The van der Waals surface area contributed by atoms with Gasteiger partial charge in [-0.05, 0) is 59.5 Å². The molecule has 1 aromatic heterocycles. The highest BCUT2D eigenvalue weighted by atomic mass is 32.2. The Labute approximate surface area is 181 Å². The molecular formula is C23H24F2N2O3S. The highest BCUT2D eigenvalue weighted by molar-refractivity contribution is 7.89. The van der Waals surface area contributed by atoms with Crippen LogP contribution in [-0.2, 0) is 23.1 Å². The molecule has 0 aliphatic carbocycles. The van der Waals surface area contributed by atoms with E-state index in [9.17, 15) is 17.2 Å². The number of nitrogens with zero attached hydrogens (tertiary/aromatic N) is 2. The van der Waals surface area contributed by atoms with Gasteiger partial charge < -0.3 is 4.74 Å². The molecule has 3 aromatic rings. The Morgan fingerprint density at radius 2 is 1.52 bits per heavy atom. The zero-order valence-corrected chi connectivity index (χ0v) is 18.1. The summed E-state index contributed by atoms with van der Waals surface area (Å²) in [6, 6.07) is 13.1. The number of benzene rings is 2. The van der Waals surface area contributed by atoms with Crippen LogP contribution < -0.4 is 4.74 Å². The van der Waals surface area contributed by atoms with Gasteiger partial charge in [0.2, 0.25) is 10.0 Å². The first-order valence-corrected chi connectivity index (χ1v) is 11.3. The van der Waals surface area contributed by atoms with Crippen LogP contribution in [-0.4, -0.2) is 24.3 Å². The molecule has 0 fully saturated rings. The van der Waals surface area contributed by atoms with E-state index in [-0.39, 0.29) is 18.0 Å². The molecule has 0 aliphatic heterocycles. The lowest BCUT2D eigenvalue weighted by molar-refractivity contribution is 0.271. The van der Waals surface area contributed by atoms with Crippen LogP contribution in [0, 0.1) is 17.6 Å². The number of ether oxygens (including phenoxy) is 1. The van der Waals surface area contributed by atoms with Crippen LogP contribution in [0.4, 0.5) is 8.78 Å². The SMILES string of the molecule is CC(C)COc1ccc(CN(Cc2ccncc2)S(=O)(=O)c2ccc(F)c(F)c2)cc1. The molecule has 31 heavy (non-hydrogen) atoms. The molecule has 5 nitrogen and oxygen atoms in total. The molecule has 0 amide bonds. The second-order valence-electron chi connectivity index (χ2n) is 7.55. The number of aromatic nitrogens is 1.